The van der Waals surface area contributed by atoms with Crippen LogP contribution >= 0.6 is 0 Å². The Bertz CT molecular complexity index is 1020. The fourth-order valence-corrected chi connectivity index (χ4v) is 2.92. The second-order valence-electron chi connectivity index (χ2n) is 6.33. The average molecular weight is 374 g/mol. The van der Waals surface area contributed by atoms with E-state index in [4.69, 9.17) is 0 Å². The zero-order chi connectivity index (χ0) is 19.6. The summed E-state index contributed by atoms with van der Waals surface area (Å²) in [6.07, 6.45) is -4.42. The van der Waals surface area contributed by atoms with Gasteiger partial charge in [0, 0.05) is 17.0 Å². The van der Waals surface area contributed by atoms with Crippen LogP contribution in [-0.2, 0) is 0 Å². The molecule has 0 aliphatic heterocycles. The SMILES string of the molecule is Cc1ccc(C(CC(F)(F)F)NC(=O)c2c[nH]c(=O)c3ccccc23)cc1. The van der Waals surface area contributed by atoms with Gasteiger partial charge in [-0.15, -0.1) is 0 Å². The average Bonchev–Trinajstić information content (AvgIpc) is 2.61. The van der Waals surface area contributed by atoms with E-state index >= 15 is 0 Å². The number of amides is 1. The van der Waals surface area contributed by atoms with Crippen LogP contribution in [0.3, 0.4) is 0 Å². The van der Waals surface area contributed by atoms with E-state index in [9.17, 15) is 22.8 Å². The third-order valence-corrected chi connectivity index (χ3v) is 4.27. The first-order chi connectivity index (χ1) is 12.7. The molecule has 0 aliphatic rings. The summed E-state index contributed by atoms with van der Waals surface area (Å²) in [6.45, 7) is 1.83. The Morgan fingerprint density at radius 1 is 1.07 bits per heavy atom. The molecular weight excluding hydrogens is 357 g/mol. The first kappa shape index (κ1) is 18.7. The van der Waals surface area contributed by atoms with E-state index < -0.39 is 24.5 Å². The molecule has 1 unspecified atom stereocenters. The van der Waals surface area contributed by atoms with Crippen LogP contribution in [0.25, 0.3) is 10.8 Å². The third-order valence-electron chi connectivity index (χ3n) is 4.27. The van der Waals surface area contributed by atoms with Crippen LogP contribution in [0.4, 0.5) is 13.2 Å². The number of H-pyrrole nitrogens is 1. The number of halogens is 3. The van der Waals surface area contributed by atoms with Crippen LogP contribution in [0.15, 0.2) is 59.5 Å². The Morgan fingerprint density at radius 3 is 2.33 bits per heavy atom. The van der Waals surface area contributed by atoms with E-state index in [2.05, 4.69) is 10.3 Å². The number of hydrogen-bond donors (Lipinski definition) is 2. The van der Waals surface area contributed by atoms with Gasteiger partial charge in [-0.25, -0.2) is 0 Å². The lowest BCUT2D eigenvalue weighted by atomic mass is 10.0. The van der Waals surface area contributed by atoms with Crippen LogP contribution in [0.2, 0.25) is 0 Å². The molecule has 0 bridgehead atoms. The van der Waals surface area contributed by atoms with Gasteiger partial charge < -0.3 is 10.3 Å². The summed E-state index contributed by atoms with van der Waals surface area (Å²) in [7, 11) is 0. The Balaban J connectivity index is 1.96. The Labute approximate surface area is 153 Å². The van der Waals surface area contributed by atoms with E-state index in [1.807, 2.05) is 6.92 Å². The van der Waals surface area contributed by atoms with Gasteiger partial charge >= 0.3 is 6.18 Å². The molecule has 0 spiro atoms. The number of rotatable bonds is 4. The summed E-state index contributed by atoms with van der Waals surface area (Å²) in [4.78, 5) is 27.0. The molecule has 140 valence electrons. The highest BCUT2D eigenvalue weighted by molar-refractivity contribution is 6.06. The van der Waals surface area contributed by atoms with Crippen molar-refractivity contribution in [3.63, 3.8) is 0 Å². The summed E-state index contributed by atoms with van der Waals surface area (Å²) >= 11 is 0. The van der Waals surface area contributed by atoms with Gasteiger partial charge in [0.1, 0.15) is 0 Å². The molecule has 1 amide bonds. The van der Waals surface area contributed by atoms with Crippen molar-refractivity contribution >= 4 is 16.7 Å². The quantitative estimate of drug-likeness (QED) is 0.717. The maximum Gasteiger partial charge on any atom is 0.391 e. The van der Waals surface area contributed by atoms with Crippen molar-refractivity contribution in [2.24, 2.45) is 0 Å². The zero-order valence-electron chi connectivity index (χ0n) is 14.4. The van der Waals surface area contributed by atoms with E-state index in [1.165, 1.54) is 6.20 Å². The Hall–Kier alpha value is -3.09. The molecule has 0 radical (unpaired) electrons. The van der Waals surface area contributed by atoms with Gasteiger partial charge in [-0.1, -0.05) is 48.0 Å². The lowest BCUT2D eigenvalue weighted by molar-refractivity contribution is -0.139. The highest BCUT2D eigenvalue weighted by atomic mass is 19.4. The molecule has 27 heavy (non-hydrogen) atoms. The highest BCUT2D eigenvalue weighted by Gasteiger charge is 2.33. The number of carbonyl (C=O) groups excluding carboxylic acids is 1. The number of alkyl halides is 3. The van der Waals surface area contributed by atoms with Gasteiger partial charge in [0.05, 0.1) is 18.0 Å². The zero-order valence-corrected chi connectivity index (χ0v) is 14.4. The van der Waals surface area contributed by atoms with E-state index in [-0.39, 0.29) is 11.1 Å². The van der Waals surface area contributed by atoms with Crippen molar-refractivity contribution in [3.8, 4) is 0 Å². The van der Waals surface area contributed by atoms with E-state index in [0.717, 1.165) is 5.56 Å². The van der Waals surface area contributed by atoms with Crippen molar-refractivity contribution in [1.29, 1.82) is 0 Å². The van der Waals surface area contributed by atoms with Crippen molar-refractivity contribution in [2.45, 2.75) is 25.6 Å². The molecule has 1 aromatic heterocycles. The molecular formula is C20H17F3N2O2. The highest BCUT2D eigenvalue weighted by Crippen LogP contribution is 2.30. The summed E-state index contributed by atoms with van der Waals surface area (Å²) in [5.74, 6) is -0.683. The van der Waals surface area contributed by atoms with Crippen molar-refractivity contribution in [3.05, 3.63) is 81.8 Å². The number of pyridine rings is 1. The van der Waals surface area contributed by atoms with Crippen LogP contribution in [0.1, 0.15) is 33.9 Å². The fraction of sp³-hybridized carbons (Fsp3) is 0.200. The predicted octanol–water partition coefficient (Wildman–Crippen LogP) is 4.26. The minimum absolute atomic E-state index is 0.115. The maximum atomic E-state index is 13.0. The standard InChI is InChI=1S/C20H17F3N2O2/c1-12-6-8-13(9-7-12)17(10-20(21,22)23)25-19(27)16-11-24-18(26)15-5-3-2-4-14(15)16/h2-9,11,17H,10H2,1H3,(H,24,26)(H,25,27). The second-order valence-corrected chi connectivity index (χ2v) is 6.33. The lowest BCUT2D eigenvalue weighted by Gasteiger charge is -2.21. The molecule has 0 saturated carbocycles. The van der Waals surface area contributed by atoms with Crippen LogP contribution in [0.5, 0.6) is 0 Å². The second kappa shape index (κ2) is 7.26. The van der Waals surface area contributed by atoms with Crippen molar-refractivity contribution in [1.82, 2.24) is 10.3 Å². The third kappa shape index (κ3) is 4.36. The van der Waals surface area contributed by atoms with Gasteiger partial charge in [-0.3, -0.25) is 9.59 Å². The maximum absolute atomic E-state index is 13.0. The van der Waals surface area contributed by atoms with Gasteiger partial charge in [0.25, 0.3) is 11.5 Å². The van der Waals surface area contributed by atoms with Gasteiger partial charge in [0.15, 0.2) is 0 Å². The monoisotopic (exact) mass is 374 g/mol. The number of aromatic nitrogens is 1. The fourth-order valence-electron chi connectivity index (χ4n) is 2.92. The van der Waals surface area contributed by atoms with Gasteiger partial charge in [-0.2, -0.15) is 13.2 Å². The Morgan fingerprint density at radius 2 is 1.70 bits per heavy atom. The first-order valence-electron chi connectivity index (χ1n) is 8.29. The van der Waals surface area contributed by atoms with Crippen LogP contribution in [-0.4, -0.2) is 17.1 Å². The number of benzene rings is 2. The topological polar surface area (TPSA) is 62.0 Å². The molecule has 0 fully saturated rings. The number of aromatic amines is 1. The van der Waals surface area contributed by atoms with Crippen LogP contribution in [0, 0.1) is 6.92 Å². The Kier molecular flexibility index (Phi) is 5.03. The molecule has 4 nitrogen and oxygen atoms in total. The summed E-state index contributed by atoms with van der Waals surface area (Å²) < 4.78 is 39.1. The molecule has 0 aliphatic carbocycles. The number of hydrogen-bond acceptors (Lipinski definition) is 2. The number of carbonyl (C=O) groups is 1. The molecule has 3 aromatic rings. The van der Waals surface area contributed by atoms with Crippen LogP contribution < -0.4 is 10.9 Å². The van der Waals surface area contributed by atoms with E-state index in [0.29, 0.717) is 16.3 Å². The molecule has 1 heterocycles. The molecule has 1 atom stereocenters. The molecule has 3 rings (SSSR count). The largest absolute Gasteiger partial charge is 0.391 e. The normalized spacial score (nSPS) is 12.7. The first-order valence-corrected chi connectivity index (χ1v) is 8.29. The minimum atomic E-state index is -4.45. The number of fused-ring (bicyclic) bond motifs is 1. The van der Waals surface area contributed by atoms with Crippen molar-refractivity contribution in [2.75, 3.05) is 0 Å². The van der Waals surface area contributed by atoms with E-state index in [1.54, 1.807) is 48.5 Å². The molecule has 2 aromatic carbocycles. The summed E-state index contributed by atoms with van der Waals surface area (Å²) in [6, 6.07) is 11.7. The van der Waals surface area contributed by atoms with Gasteiger partial charge in [-0.05, 0) is 18.6 Å². The molecule has 0 saturated heterocycles. The molecule has 7 heteroatoms. The van der Waals surface area contributed by atoms with Gasteiger partial charge in [0.2, 0.25) is 0 Å². The predicted molar refractivity (Wildman–Crippen MR) is 96.6 cm³/mol. The summed E-state index contributed by atoms with van der Waals surface area (Å²) in [5, 5.41) is 3.14. The molecule has 2 N–H and O–H groups in total. The minimum Gasteiger partial charge on any atom is -0.345 e. The van der Waals surface area contributed by atoms with Crippen molar-refractivity contribution < 1.29 is 18.0 Å². The number of nitrogens with one attached hydrogen (secondary N) is 2. The summed E-state index contributed by atoms with van der Waals surface area (Å²) in [5.41, 5.74) is 1.01. The smallest absolute Gasteiger partial charge is 0.345 e. The number of aryl methyl sites for hydroxylation is 1. The lowest BCUT2D eigenvalue weighted by Crippen LogP contribution is -2.32.